The Balaban J connectivity index is 1.36. The first-order valence-electron chi connectivity index (χ1n) is 10.8. The molecule has 5 rings (SSSR count). The van der Waals surface area contributed by atoms with Crippen LogP contribution in [0.25, 0.3) is 16.6 Å². The van der Waals surface area contributed by atoms with Crippen LogP contribution in [0.3, 0.4) is 0 Å². The third kappa shape index (κ3) is 3.36. The lowest BCUT2D eigenvalue weighted by atomic mass is 9.92. The average molecular weight is 418 g/mol. The Labute approximate surface area is 180 Å². The minimum Gasteiger partial charge on any atom is -0.337 e. The van der Waals surface area contributed by atoms with Gasteiger partial charge in [0.1, 0.15) is 0 Å². The van der Waals surface area contributed by atoms with Gasteiger partial charge in [-0.3, -0.25) is 9.48 Å². The molecule has 1 saturated heterocycles. The second-order valence-corrected chi connectivity index (χ2v) is 9.35. The summed E-state index contributed by atoms with van der Waals surface area (Å²) in [5.74, 6) is 1.10. The van der Waals surface area contributed by atoms with Crippen molar-refractivity contribution < 1.29 is 4.79 Å². The fourth-order valence-electron chi connectivity index (χ4n) is 4.32. The van der Waals surface area contributed by atoms with E-state index in [0.29, 0.717) is 18.8 Å². The van der Waals surface area contributed by atoms with Crippen LogP contribution in [0.1, 0.15) is 61.5 Å². The topological polar surface area (TPSA) is 81.2 Å². The van der Waals surface area contributed by atoms with Gasteiger partial charge < -0.3 is 4.90 Å². The SMILES string of the molecule is Cn1nc(C(=O)N2CCC(c3nnc4ccc(C(C)(C)C)nn34)CC2)c2ccccc21. The summed E-state index contributed by atoms with van der Waals surface area (Å²) in [6.07, 6.45) is 1.66. The summed E-state index contributed by atoms with van der Waals surface area (Å²) >= 11 is 0. The van der Waals surface area contributed by atoms with Gasteiger partial charge in [-0.15, -0.1) is 10.2 Å². The molecule has 8 nitrogen and oxygen atoms in total. The highest BCUT2D eigenvalue weighted by molar-refractivity contribution is 6.04. The zero-order valence-electron chi connectivity index (χ0n) is 18.4. The van der Waals surface area contributed by atoms with Gasteiger partial charge in [0.05, 0.1) is 11.2 Å². The molecule has 1 aliphatic rings. The van der Waals surface area contributed by atoms with Crippen LogP contribution in [0.15, 0.2) is 36.4 Å². The van der Waals surface area contributed by atoms with Crippen molar-refractivity contribution in [2.75, 3.05) is 13.1 Å². The van der Waals surface area contributed by atoms with Crippen LogP contribution in [0, 0.1) is 0 Å². The number of piperidine rings is 1. The smallest absolute Gasteiger partial charge is 0.275 e. The van der Waals surface area contributed by atoms with Crippen LogP contribution in [0.5, 0.6) is 0 Å². The molecule has 0 unspecified atom stereocenters. The zero-order valence-corrected chi connectivity index (χ0v) is 18.4. The summed E-state index contributed by atoms with van der Waals surface area (Å²) in [4.78, 5) is 15.1. The van der Waals surface area contributed by atoms with Crippen LogP contribution in [-0.2, 0) is 12.5 Å². The van der Waals surface area contributed by atoms with Gasteiger partial charge in [0.2, 0.25) is 0 Å². The molecule has 1 aromatic carbocycles. The molecular weight excluding hydrogens is 390 g/mol. The number of carbonyl (C=O) groups is 1. The zero-order chi connectivity index (χ0) is 21.8. The van der Waals surface area contributed by atoms with Gasteiger partial charge >= 0.3 is 0 Å². The maximum atomic E-state index is 13.2. The first-order valence-corrected chi connectivity index (χ1v) is 10.8. The lowest BCUT2D eigenvalue weighted by Gasteiger charge is -2.30. The molecule has 1 fully saturated rings. The van der Waals surface area contributed by atoms with Gasteiger partial charge in [0.15, 0.2) is 17.2 Å². The number of hydrogen-bond acceptors (Lipinski definition) is 5. The van der Waals surface area contributed by atoms with Crippen molar-refractivity contribution in [1.29, 1.82) is 0 Å². The first-order chi connectivity index (χ1) is 14.8. The maximum Gasteiger partial charge on any atom is 0.275 e. The Morgan fingerprint density at radius 1 is 1.00 bits per heavy atom. The predicted molar refractivity (Wildman–Crippen MR) is 118 cm³/mol. The van der Waals surface area contributed by atoms with Crippen molar-refractivity contribution >= 4 is 22.5 Å². The molecule has 0 spiro atoms. The second-order valence-electron chi connectivity index (χ2n) is 9.35. The Kier molecular flexibility index (Phi) is 4.53. The maximum absolute atomic E-state index is 13.2. The quantitative estimate of drug-likeness (QED) is 0.500. The lowest BCUT2D eigenvalue weighted by Crippen LogP contribution is -2.38. The van der Waals surface area contributed by atoms with E-state index in [4.69, 9.17) is 5.10 Å². The fraction of sp³-hybridized carbons (Fsp3) is 0.435. The number of benzene rings is 1. The van der Waals surface area contributed by atoms with Crippen LogP contribution in [-0.4, -0.2) is 53.5 Å². The molecule has 1 amide bonds. The molecule has 4 aromatic rings. The van der Waals surface area contributed by atoms with E-state index in [2.05, 4.69) is 36.1 Å². The highest BCUT2D eigenvalue weighted by Gasteiger charge is 2.30. The van der Waals surface area contributed by atoms with Crippen molar-refractivity contribution in [1.82, 2.24) is 34.5 Å². The standard InChI is InChI=1S/C23H27N7O/c1-23(2,3)18-9-10-19-24-25-21(30(19)26-18)15-11-13-29(14-12-15)22(31)20-16-7-5-6-8-17(16)28(4)27-20/h5-10,15H,11-14H2,1-4H3. The van der Waals surface area contributed by atoms with Gasteiger partial charge in [-0.05, 0) is 31.0 Å². The minimum atomic E-state index is -0.0447. The van der Waals surface area contributed by atoms with E-state index < -0.39 is 0 Å². The number of amides is 1. The van der Waals surface area contributed by atoms with Gasteiger partial charge in [-0.25, -0.2) is 0 Å². The molecule has 1 aliphatic heterocycles. The van der Waals surface area contributed by atoms with E-state index in [0.717, 1.165) is 40.9 Å². The Hall–Kier alpha value is -3.29. The molecule has 8 heteroatoms. The van der Waals surface area contributed by atoms with Gasteiger partial charge in [-0.1, -0.05) is 39.0 Å². The van der Waals surface area contributed by atoms with Crippen LogP contribution in [0.4, 0.5) is 0 Å². The number of hydrogen-bond donors (Lipinski definition) is 0. The summed E-state index contributed by atoms with van der Waals surface area (Å²) in [5.41, 5.74) is 3.23. The van der Waals surface area contributed by atoms with Crippen molar-refractivity contribution in [3.05, 3.63) is 53.6 Å². The number of aryl methyl sites for hydroxylation is 1. The van der Waals surface area contributed by atoms with E-state index in [1.54, 1.807) is 4.68 Å². The first kappa shape index (κ1) is 19.7. The number of aromatic nitrogens is 6. The number of likely N-dealkylation sites (tertiary alicyclic amines) is 1. The molecule has 0 N–H and O–H groups in total. The monoisotopic (exact) mass is 417 g/mol. The van der Waals surface area contributed by atoms with E-state index in [1.807, 2.05) is 52.9 Å². The van der Waals surface area contributed by atoms with Crippen LogP contribution >= 0.6 is 0 Å². The van der Waals surface area contributed by atoms with E-state index in [-0.39, 0.29) is 17.2 Å². The number of para-hydroxylation sites is 1. The fourth-order valence-corrected chi connectivity index (χ4v) is 4.32. The highest BCUT2D eigenvalue weighted by atomic mass is 16.2. The van der Waals surface area contributed by atoms with E-state index in [9.17, 15) is 4.79 Å². The van der Waals surface area contributed by atoms with Crippen molar-refractivity contribution in [2.24, 2.45) is 7.05 Å². The van der Waals surface area contributed by atoms with Crippen LogP contribution < -0.4 is 0 Å². The van der Waals surface area contributed by atoms with Gasteiger partial charge in [0, 0.05) is 36.9 Å². The van der Waals surface area contributed by atoms with E-state index in [1.165, 1.54) is 0 Å². The summed E-state index contributed by atoms with van der Waals surface area (Å²) < 4.78 is 3.66. The Morgan fingerprint density at radius 2 is 1.74 bits per heavy atom. The molecule has 0 saturated carbocycles. The molecule has 160 valence electrons. The summed E-state index contributed by atoms with van der Waals surface area (Å²) in [6.45, 7) is 7.79. The number of fused-ring (bicyclic) bond motifs is 2. The summed E-state index contributed by atoms with van der Waals surface area (Å²) in [7, 11) is 1.88. The second kappa shape index (κ2) is 7.14. The third-order valence-corrected chi connectivity index (χ3v) is 6.16. The van der Waals surface area contributed by atoms with Crippen molar-refractivity contribution in [3.63, 3.8) is 0 Å². The van der Waals surface area contributed by atoms with Gasteiger partial charge in [0.25, 0.3) is 5.91 Å². The molecular formula is C23H27N7O. The Bertz CT molecular complexity index is 1270. The third-order valence-electron chi connectivity index (χ3n) is 6.16. The molecule has 31 heavy (non-hydrogen) atoms. The van der Waals surface area contributed by atoms with Gasteiger partial charge in [-0.2, -0.15) is 14.7 Å². The number of carbonyl (C=O) groups excluding carboxylic acids is 1. The van der Waals surface area contributed by atoms with Crippen molar-refractivity contribution in [3.8, 4) is 0 Å². The molecule has 0 atom stereocenters. The average Bonchev–Trinajstić information content (AvgIpc) is 3.34. The lowest BCUT2D eigenvalue weighted by molar-refractivity contribution is 0.0705. The molecule has 0 radical (unpaired) electrons. The largest absolute Gasteiger partial charge is 0.337 e. The molecule has 4 heterocycles. The number of nitrogens with zero attached hydrogens (tertiary/aromatic N) is 7. The predicted octanol–water partition coefficient (Wildman–Crippen LogP) is 3.33. The summed E-state index contributed by atoms with van der Waals surface area (Å²) in [6, 6.07) is 11.9. The molecule has 3 aromatic heterocycles. The normalized spacial score (nSPS) is 15.8. The molecule has 0 aliphatic carbocycles. The van der Waals surface area contributed by atoms with E-state index >= 15 is 0 Å². The summed E-state index contributed by atoms with van der Waals surface area (Å²) in [5, 5.41) is 19.0. The molecule has 0 bridgehead atoms. The highest BCUT2D eigenvalue weighted by Crippen LogP contribution is 2.29. The van der Waals surface area contributed by atoms with Crippen LogP contribution in [0.2, 0.25) is 0 Å². The number of rotatable bonds is 2. The Morgan fingerprint density at radius 3 is 2.48 bits per heavy atom. The minimum absolute atomic E-state index is 0.00510. The van der Waals surface area contributed by atoms with Crippen molar-refractivity contribution in [2.45, 2.75) is 44.9 Å².